The maximum atomic E-state index is 13.1. The van der Waals surface area contributed by atoms with Crippen molar-refractivity contribution >= 4 is 5.97 Å². The number of carboxylic acid groups (broad SMARTS) is 1. The third kappa shape index (κ3) is 2.45. The maximum Gasteiger partial charge on any atom is 0.344 e. The molecule has 1 N–H and O–H groups in total. The van der Waals surface area contributed by atoms with Crippen LogP contribution in [0.4, 0.5) is 4.39 Å². The normalized spacial score (nSPS) is 12.2. The highest BCUT2D eigenvalue weighted by Gasteiger charge is 2.14. The molecule has 76 valence electrons. The fraction of sp³-hybridized carbons (Fsp3) is 0.300. The minimum atomic E-state index is -1.12. The van der Waals surface area contributed by atoms with Crippen molar-refractivity contribution in [1.29, 1.82) is 0 Å². The van der Waals surface area contributed by atoms with E-state index >= 15 is 0 Å². The minimum Gasteiger partial charge on any atom is -0.479 e. The first-order valence-corrected chi connectivity index (χ1v) is 4.16. The van der Waals surface area contributed by atoms with Crippen molar-refractivity contribution in [2.75, 3.05) is 0 Å². The smallest absolute Gasteiger partial charge is 0.344 e. The second-order valence-corrected chi connectivity index (χ2v) is 3.03. The van der Waals surface area contributed by atoms with Gasteiger partial charge in [0.2, 0.25) is 0 Å². The predicted octanol–water partition coefficient (Wildman–Crippen LogP) is 1.99. The van der Waals surface area contributed by atoms with E-state index in [0.29, 0.717) is 0 Å². The van der Waals surface area contributed by atoms with Crippen molar-refractivity contribution in [3.8, 4) is 5.75 Å². The third-order valence-electron chi connectivity index (χ3n) is 1.74. The van der Waals surface area contributed by atoms with E-state index in [-0.39, 0.29) is 5.75 Å². The van der Waals surface area contributed by atoms with Gasteiger partial charge in [-0.1, -0.05) is 6.07 Å². The summed E-state index contributed by atoms with van der Waals surface area (Å²) in [5, 5.41) is 8.56. The fourth-order valence-electron chi connectivity index (χ4n) is 0.942. The largest absolute Gasteiger partial charge is 0.479 e. The van der Waals surface area contributed by atoms with Gasteiger partial charge in [0.15, 0.2) is 17.7 Å². The van der Waals surface area contributed by atoms with E-state index in [1.807, 2.05) is 0 Å². The third-order valence-corrected chi connectivity index (χ3v) is 1.74. The number of aliphatic carboxylic acids is 1. The van der Waals surface area contributed by atoms with Gasteiger partial charge in [0.1, 0.15) is 0 Å². The average molecular weight is 198 g/mol. The minimum absolute atomic E-state index is 0.0279. The van der Waals surface area contributed by atoms with Crippen LogP contribution in [0.1, 0.15) is 12.5 Å². The fourth-order valence-corrected chi connectivity index (χ4v) is 0.942. The number of halogens is 1. The van der Waals surface area contributed by atoms with Crippen molar-refractivity contribution in [3.63, 3.8) is 0 Å². The zero-order chi connectivity index (χ0) is 10.7. The molecule has 1 atom stereocenters. The van der Waals surface area contributed by atoms with Crippen LogP contribution in [0.15, 0.2) is 18.2 Å². The molecule has 0 aliphatic rings. The van der Waals surface area contributed by atoms with E-state index in [2.05, 4.69) is 0 Å². The Morgan fingerprint density at radius 1 is 1.57 bits per heavy atom. The first kappa shape index (κ1) is 10.5. The molecule has 0 heterocycles. The topological polar surface area (TPSA) is 46.5 Å². The van der Waals surface area contributed by atoms with E-state index in [4.69, 9.17) is 9.84 Å². The van der Waals surface area contributed by atoms with E-state index in [1.54, 1.807) is 13.0 Å². The molecule has 1 rings (SSSR count). The van der Waals surface area contributed by atoms with Crippen LogP contribution in [-0.2, 0) is 4.79 Å². The summed E-state index contributed by atoms with van der Waals surface area (Å²) in [7, 11) is 0. The van der Waals surface area contributed by atoms with Crippen LogP contribution in [0.3, 0.4) is 0 Å². The van der Waals surface area contributed by atoms with Gasteiger partial charge < -0.3 is 9.84 Å². The second-order valence-electron chi connectivity index (χ2n) is 3.03. The van der Waals surface area contributed by atoms with Crippen molar-refractivity contribution in [3.05, 3.63) is 29.6 Å². The molecule has 0 saturated carbocycles. The Hall–Kier alpha value is -1.58. The monoisotopic (exact) mass is 198 g/mol. The van der Waals surface area contributed by atoms with Gasteiger partial charge in [0.25, 0.3) is 0 Å². The number of aryl methyl sites for hydroxylation is 1. The lowest BCUT2D eigenvalue weighted by molar-refractivity contribution is -0.144. The standard InChI is InChI=1S/C10H11FO3/c1-6-3-4-8(11)9(5-6)14-7(2)10(12)13/h3-5,7H,1-2H3,(H,12,13)/t7-/m1/s1. The van der Waals surface area contributed by atoms with E-state index < -0.39 is 17.9 Å². The zero-order valence-corrected chi connectivity index (χ0v) is 7.95. The molecule has 1 aromatic carbocycles. The molecule has 0 aliphatic carbocycles. The molecular formula is C10H11FO3. The molecule has 0 bridgehead atoms. The van der Waals surface area contributed by atoms with Crippen LogP contribution in [0, 0.1) is 12.7 Å². The number of hydrogen-bond acceptors (Lipinski definition) is 2. The number of ether oxygens (including phenoxy) is 1. The number of hydrogen-bond donors (Lipinski definition) is 1. The van der Waals surface area contributed by atoms with Gasteiger partial charge in [-0.3, -0.25) is 0 Å². The van der Waals surface area contributed by atoms with Crippen LogP contribution < -0.4 is 4.74 Å². The van der Waals surface area contributed by atoms with Gasteiger partial charge in [0.05, 0.1) is 0 Å². The summed E-state index contributed by atoms with van der Waals surface area (Å²) in [4.78, 5) is 10.5. The van der Waals surface area contributed by atoms with Crippen LogP contribution in [0.5, 0.6) is 5.75 Å². The maximum absolute atomic E-state index is 13.1. The molecule has 0 saturated heterocycles. The number of carbonyl (C=O) groups is 1. The van der Waals surface area contributed by atoms with Gasteiger partial charge in [0, 0.05) is 0 Å². The van der Waals surface area contributed by atoms with Gasteiger partial charge in [-0.15, -0.1) is 0 Å². The highest BCUT2D eigenvalue weighted by atomic mass is 19.1. The summed E-state index contributed by atoms with van der Waals surface area (Å²) in [6.07, 6.45) is -1.05. The number of benzene rings is 1. The predicted molar refractivity (Wildman–Crippen MR) is 48.9 cm³/mol. The van der Waals surface area contributed by atoms with Crippen molar-refractivity contribution in [2.24, 2.45) is 0 Å². The van der Waals surface area contributed by atoms with Crippen molar-refractivity contribution in [2.45, 2.75) is 20.0 Å². The molecule has 0 fully saturated rings. The van der Waals surface area contributed by atoms with Crippen LogP contribution in [0.25, 0.3) is 0 Å². The Morgan fingerprint density at radius 2 is 2.21 bits per heavy atom. The molecule has 0 aromatic heterocycles. The molecule has 1 aromatic rings. The van der Waals surface area contributed by atoms with Gasteiger partial charge in [-0.25, -0.2) is 9.18 Å². The Morgan fingerprint density at radius 3 is 2.79 bits per heavy atom. The lowest BCUT2D eigenvalue weighted by Gasteiger charge is -2.11. The summed E-state index contributed by atoms with van der Waals surface area (Å²) in [5.41, 5.74) is 0.819. The summed E-state index contributed by atoms with van der Waals surface area (Å²) in [5.74, 6) is -1.70. The Bertz CT molecular complexity index is 349. The molecule has 0 radical (unpaired) electrons. The molecular weight excluding hydrogens is 187 g/mol. The Kier molecular flexibility index (Phi) is 3.06. The molecule has 4 heteroatoms. The summed E-state index contributed by atoms with van der Waals surface area (Å²) >= 11 is 0. The van der Waals surface area contributed by atoms with Crippen molar-refractivity contribution in [1.82, 2.24) is 0 Å². The van der Waals surface area contributed by atoms with E-state index in [0.717, 1.165) is 5.56 Å². The van der Waals surface area contributed by atoms with Crippen LogP contribution >= 0.6 is 0 Å². The molecule has 0 amide bonds. The quantitative estimate of drug-likeness (QED) is 0.807. The van der Waals surface area contributed by atoms with Crippen LogP contribution in [0.2, 0.25) is 0 Å². The SMILES string of the molecule is Cc1ccc(F)c(O[C@H](C)C(=O)O)c1. The van der Waals surface area contributed by atoms with Gasteiger partial charge in [-0.05, 0) is 31.5 Å². The highest BCUT2D eigenvalue weighted by Crippen LogP contribution is 2.19. The highest BCUT2D eigenvalue weighted by molar-refractivity contribution is 5.72. The lowest BCUT2D eigenvalue weighted by atomic mass is 10.2. The molecule has 0 spiro atoms. The summed E-state index contributed by atoms with van der Waals surface area (Å²) < 4.78 is 18.0. The Labute approximate surface area is 81.1 Å². The molecule has 3 nitrogen and oxygen atoms in total. The summed E-state index contributed by atoms with van der Waals surface area (Å²) in [6, 6.07) is 4.31. The average Bonchev–Trinajstić information content (AvgIpc) is 2.11. The lowest BCUT2D eigenvalue weighted by Crippen LogP contribution is -2.23. The Balaban J connectivity index is 2.85. The number of rotatable bonds is 3. The van der Waals surface area contributed by atoms with E-state index in [1.165, 1.54) is 19.1 Å². The second kappa shape index (κ2) is 4.09. The van der Waals surface area contributed by atoms with Gasteiger partial charge >= 0.3 is 5.97 Å². The molecule has 0 aliphatic heterocycles. The number of carboxylic acids is 1. The molecule has 14 heavy (non-hydrogen) atoms. The van der Waals surface area contributed by atoms with Crippen molar-refractivity contribution < 1.29 is 19.0 Å². The summed E-state index contributed by atoms with van der Waals surface area (Å²) in [6.45, 7) is 3.13. The van der Waals surface area contributed by atoms with Crippen LogP contribution in [-0.4, -0.2) is 17.2 Å². The molecule has 0 unspecified atom stereocenters. The van der Waals surface area contributed by atoms with Gasteiger partial charge in [-0.2, -0.15) is 0 Å². The van der Waals surface area contributed by atoms with E-state index in [9.17, 15) is 9.18 Å². The first-order chi connectivity index (χ1) is 6.50. The zero-order valence-electron chi connectivity index (χ0n) is 7.95. The first-order valence-electron chi connectivity index (χ1n) is 4.16.